The maximum atomic E-state index is 2.39. The third-order valence-corrected chi connectivity index (χ3v) is 4.58. The van der Waals surface area contributed by atoms with Crippen LogP contribution in [0.1, 0.15) is 0 Å². The SMILES string of the molecule is [CH3][Ge]([CH3])/[CH]=C\C=[CH]/[Ge]([CH3])[CH3]. The van der Waals surface area contributed by atoms with Crippen LogP contribution in [0.3, 0.4) is 0 Å². The molecule has 0 aliphatic rings. The van der Waals surface area contributed by atoms with Gasteiger partial charge in [-0.25, -0.2) is 0 Å². The Morgan fingerprint density at radius 1 is 0.700 bits per heavy atom. The molecule has 0 aliphatic carbocycles. The van der Waals surface area contributed by atoms with Crippen molar-refractivity contribution in [3.63, 3.8) is 0 Å². The second-order valence-electron chi connectivity index (χ2n) is 2.87. The van der Waals surface area contributed by atoms with E-state index in [2.05, 4.69) is 45.0 Å². The van der Waals surface area contributed by atoms with E-state index < -0.39 is 28.7 Å². The molecule has 0 heterocycles. The van der Waals surface area contributed by atoms with Crippen molar-refractivity contribution in [2.45, 2.75) is 23.0 Å². The van der Waals surface area contributed by atoms with Gasteiger partial charge in [0.05, 0.1) is 0 Å². The normalized spacial score (nSPS) is 13.0. The molecule has 2 heteroatoms. The average Bonchev–Trinajstić information content (AvgIpc) is 1.79. The van der Waals surface area contributed by atoms with Crippen LogP contribution in [0.25, 0.3) is 0 Å². The monoisotopic (exact) mass is 260 g/mol. The van der Waals surface area contributed by atoms with Crippen molar-refractivity contribution >= 4 is 28.7 Å². The minimum atomic E-state index is -0.673. The van der Waals surface area contributed by atoms with Gasteiger partial charge >= 0.3 is 73.7 Å². The molecule has 0 atom stereocenters. The summed E-state index contributed by atoms with van der Waals surface area (Å²) in [6, 6.07) is 0. The van der Waals surface area contributed by atoms with Crippen LogP contribution in [0.15, 0.2) is 22.0 Å². The molecule has 56 valence electrons. The first-order valence-corrected chi connectivity index (χ1v) is 14.4. The van der Waals surface area contributed by atoms with E-state index in [1.54, 1.807) is 0 Å². The molecule has 0 saturated heterocycles. The quantitative estimate of drug-likeness (QED) is 0.539. The fourth-order valence-electron chi connectivity index (χ4n) is 0.496. The summed E-state index contributed by atoms with van der Waals surface area (Å²) in [4.78, 5) is 4.77. The van der Waals surface area contributed by atoms with E-state index in [1.807, 2.05) is 0 Å². The molecule has 0 amide bonds. The predicted molar refractivity (Wildman–Crippen MR) is 53.2 cm³/mol. The van der Waals surface area contributed by atoms with Crippen LogP contribution in [0.5, 0.6) is 0 Å². The molecule has 0 bridgehead atoms. The zero-order valence-corrected chi connectivity index (χ0v) is 11.5. The summed E-state index contributed by atoms with van der Waals surface area (Å²) >= 11 is -1.35. The summed E-state index contributed by atoms with van der Waals surface area (Å²) in [6.07, 6.45) is 4.46. The molecule has 2 radical (unpaired) electrons. The van der Waals surface area contributed by atoms with Crippen molar-refractivity contribution in [2.24, 2.45) is 0 Å². The topological polar surface area (TPSA) is 0 Å². The van der Waals surface area contributed by atoms with Gasteiger partial charge in [0.25, 0.3) is 0 Å². The summed E-state index contributed by atoms with van der Waals surface area (Å²) < 4.78 is 0. The van der Waals surface area contributed by atoms with Crippen LogP contribution < -0.4 is 0 Å². The minimum absolute atomic E-state index is 0.673. The predicted octanol–water partition coefficient (Wildman–Crippen LogP) is 2.69. The third kappa shape index (κ3) is 8.57. The number of allylic oxidation sites excluding steroid dienone is 2. The molecule has 0 unspecified atom stereocenters. The van der Waals surface area contributed by atoms with Crippen LogP contribution >= 0.6 is 0 Å². The van der Waals surface area contributed by atoms with Crippen molar-refractivity contribution in [2.75, 3.05) is 0 Å². The zero-order valence-electron chi connectivity index (χ0n) is 7.31. The van der Waals surface area contributed by atoms with E-state index in [0.29, 0.717) is 0 Å². The summed E-state index contributed by atoms with van der Waals surface area (Å²) in [6.45, 7) is 0. The summed E-state index contributed by atoms with van der Waals surface area (Å²) in [7, 11) is 0. The van der Waals surface area contributed by atoms with Crippen LogP contribution in [-0.4, -0.2) is 28.7 Å². The molecule has 0 spiro atoms. The van der Waals surface area contributed by atoms with E-state index in [0.717, 1.165) is 0 Å². The Morgan fingerprint density at radius 2 is 1.00 bits per heavy atom. The van der Waals surface area contributed by atoms with Crippen LogP contribution in [0, 0.1) is 0 Å². The Bertz CT molecular complexity index is 107. The van der Waals surface area contributed by atoms with Crippen molar-refractivity contribution in [3.8, 4) is 0 Å². The van der Waals surface area contributed by atoms with Gasteiger partial charge in [0.15, 0.2) is 0 Å². The fourth-order valence-corrected chi connectivity index (χ4v) is 2.58. The maximum absolute atomic E-state index is 2.39. The third-order valence-electron chi connectivity index (χ3n) is 0.970. The fraction of sp³-hybridized carbons (Fsp3) is 0.500. The van der Waals surface area contributed by atoms with Crippen molar-refractivity contribution in [3.05, 3.63) is 22.0 Å². The molecule has 0 aromatic heterocycles. The van der Waals surface area contributed by atoms with Gasteiger partial charge in [-0.3, -0.25) is 0 Å². The van der Waals surface area contributed by atoms with Gasteiger partial charge < -0.3 is 0 Å². The van der Waals surface area contributed by atoms with Gasteiger partial charge in [-0.05, 0) is 0 Å². The molecular formula is C8H16Ge2. The van der Waals surface area contributed by atoms with Crippen LogP contribution in [-0.2, 0) is 0 Å². The Morgan fingerprint density at radius 3 is 1.20 bits per heavy atom. The first-order valence-electron chi connectivity index (χ1n) is 3.58. The number of rotatable bonds is 3. The van der Waals surface area contributed by atoms with Crippen LogP contribution in [0.2, 0.25) is 23.0 Å². The first-order chi connectivity index (χ1) is 4.63. The van der Waals surface area contributed by atoms with Gasteiger partial charge in [-0.2, -0.15) is 0 Å². The standard InChI is InChI=1S/C8H16Ge2/c1-9(2)7-5-6-8-10(3)4/h5-8H,1-4H3/b7-5-,8-6-. The van der Waals surface area contributed by atoms with Crippen molar-refractivity contribution in [1.82, 2.24) is 0 Å². The Labute approximate surface area is 73.6 Å². The van der Waals surface area contributed by atoms with Crippen molar-refractivity contribution in [1.29, 1.82) is 0 Å². The molecular weight excluding hydrogens is 241 g/mol. The van der Waals surface area contributed by atoms with Gasteiger partial charge in [-0.15, -0.1) is 0 Å². The second-order valence-corrected chi connectivity index (χ2v) is 13.3. The first kappa shape index (κ1) is 10.6. The Balaban J connectivity index is 3.52. The van der Waals surface area contributed by atoms with E-state index in [-0.39, 0.29) is 0 Å². The van der Waals surface area contributed by atoms with E-state index in [1.165, 1.54) is 0 Å². The molecule has 0 rings (SSSR count). The zero-order chi connectivity index (χ0) is 7.98. The van der Waals surface area contributed by atoms with Crippen molar-refractivity contribution < 1.29 is 0 Å². The molecule has 0 nitrogen and oxygen atoms in total. The van der Waals surface area contributed by atoms with Gasteiger partial charge in [-0.1, -0.05) is 0 Å². The molecule has 0 N–H and O–H groups in total. The average molecular weight is 257 g/mol. The van der Waals surface area contributed by atoms with E-state index >= 15 is 0 Å². The summed E-state index contributed by atoms with van der Waals surface area (Å²) in [5.41, 5.74) is 0. The second kappa shape index (κ2) is 6.29. The number of hydrogen-bond acceptors (Lipinski definition) is 0. The van der Waals surface area contributed by atoms with Gasteiger partial charge in [0.1, 0.15) is 0 Å². The Hall–Kier alpha value is 0.566. The molecule has 0 fully saturated rings. The number of hydrogen-bond donors (Lipinski definition) is 0. The molecule has 0 aromatic rings. The molecule has 0 aliphatic heterocycles. The van der Waals surface area contributed by atoms with E-state index in [9.17, 15) is 0 Å². The summed E-state index contributed by atoms with van der Waals surface area (Å²) in [5, 5.41) is 0. The van der Waals surface area contributed by atoms with Gasteiger partial charge in [0, 0.05) is 0 Å². The van der Waals surface area contributed by atoms with Gasteiger partial charge in [0.2, 0.25) is 0 Å². The van der Waals surface area contributed by atoms with E-state index in [4.69, 9.17) is 0 Å². The molecule has 10 heavy (non-hydrogen) atoms. The van der Waals surface area contributed by atoms with Crippen LogP contribution in [0.4, 0.5) is 0 Å². The molecule has 0 aromatic carbocycles. The Kier molecular flexibility index (Phi) is 6.64. The molecule has 0 saturated carbocycles. The summed E-state index contributed by atoms with van der Waals surface area (Å²) in [5.74, 6) is 9.44.